The normalized spacial score (nSPS) is 12.5. The Morgan fingerprint density at radius 2 is 2.00 bits per heavy atom. The van der Waals surface area contributed by atoms with E-state index in [1.165, 1.54) is 0 Å². The van der Waals surface area contributed by atoms with Crippen molar-refractivity contribution in [3.05, 3.63) is 24.0 Å². The van der Waals surface area contributed by atoms with Crippen LogP contribution in [0.1, 0.15) is 0 Å². The summed E-state index contributed by atoms with van der Waals surface area (Å²) in [6.45, 7) is -0.416. The van der Waals surface area contributed by atoms with Crippen molar-refractivity contribution in [2.24, 2.45) is 5.73 Å². The van der Waals surface area contributed by atoms with Crippen molar-refractivity contribution in [2.75, 3.05) is 11.9 Å². The lowest BCUT2D eigenvalue weighted by Gasteiger charge is -2.11. The molecule has 0 fully saturated rings. The number of hydrogen-bond donors (Lipinski definition) is 5. The number of nitrogens with two attached hydrogens (primary N) is 1. The number of aliphatic carboxylic acids is 1. The van der Waals surface area contributed by atoms with E-state index < -0.39 is 51.1 Å². The highest BCUT2D eigenvalue weighted by Gasteiger charge is 2.16. The molecule has 0 aliphatic heterocycles. The second-order valence-electron chi connectivity index (χ2n) is 3.90. The molecule has 0 heterocycles. The number of hydrogen-bond acceptors (Lipinski definition) is 5. The number of anilines is 1. The van der Waals surface area contributed by atoms with Gasteiger partial charge in [0.15, 0.2) is 0 Å². The van der Waals surface area contributed by atoms with Crippen molar-refractivity contribution >= 4 is 27.8 Å². The molecule has 0 aliphatic carbocycles. The second-order valence-corrected chi connectivity index (χ2v) is 5.32. The fraction of sp³-hybridized carbons (Fsp3) is 0.200. The summed E-state index contributed by atoms with van der Waals surface area (Å²) < 4.78 is 44.0. The molecule has 0 saturated heterocycles. The van der Waals surface area contributed by atoms with Crippen molar-refractivity contribution in [2.45, 2.75) is 10.9 Å². The lowest BCUT2D eigenvalue weighted by Crippen LogP contribution is -2.43. The molecule has 1 aromatic rings. The zero-order chi connectivity index (χ0) is 16.2. The third-order valence-electron chi connectivity index (χ3n) is 2.28. The lowest BCUT2D eigenvalue weighted by molar-refractivity contribution is -0.138. The van der Waals surface area contributed by atoms with Crippen LogP contribution in [0.25, 0.3) is 0 Å². The molecule has 6 N–H and O–H groups in total. The summed E-state index contributed by atoms with van der Waals surface area (Å²) in [5.41, 5.74) is 4.63. The Balaban J connectivity index is 2.79. The Hall–Kier alpha value is -2.24. The number of carbonyl (C=O) groups excluding carboxylic acids is 1. The minimum atomic E-state index is -4.55. The summed E-state index contributed by atoms with van der Waals surface area (Å²) in [7, 11) is -4.55. The summed E-state index contributed by atoms with van der Waals surface area (Å²) in [4.78, 5) is 21.2. The quantitative estimate of drug-likeness (QED) is 0.461. The van der Waals surface area contributed by atoms with Gasteiger partial charge in [0.2, 0.25) is 0 Å². The first-order valence-corrected chi connectivity index (χ1v) is 6.85. The van der Waals surface area contributed by atoms with Crippen LogP contribution in [-0.4, -0.2) is 42.7 Å². The summed E-state index contributed by atoms with van der Waals surface area (Å²) in [6.07, 6.45) is 0. The number of urea groups is 1. The van der Waals surface area contributed by atoms with E-state index in [-0.39, 0.29) is 0 Å². The molecule has 0 unspecified atom stereocenters. The SMILES string of the molecule is N[C@@H](CNC(=O)Nc1cc(S(=O)(=O)O)ccc1F)C(=O)O. The van der Waals surface area contributed by atoms with Gasteiger partial charge in [0, 0.05) is 6.54 Å². The average Bonchev–Trinajstić information content (AvgIpc) is 2.37. The molecule has 116 valence electrons. The molecular weight excluding hydrogens is 309 g/mol. The van der Waals surface area contributed by atoms with E-state index in [9.17, 15) is 22.4 Å². The molecule has 2 amide bonds. The highest BCUT2D eigenvalue weighted by molar-refractivity contribution is 7.85. The number of rotatable bonds is 5. The van der Waals surface area contributed by atoms with Crippen molar-refractivity contribution < 1.29 is 32.1 Å². The summed E-state index contributed by atoms with van der Waals surface area (Å²) in [6, 6.07) is -0.0696. The van der Waals surface area contributed by atoms with E-state index >= 15 is 0 Å². The van der Waals surface area contributed by atoms with Gasteiger partial charge in [0.05, 0.1) is 10.6 Å². The summed E-state index contributed by atoms with van der Waals surface area (Å²) >= 11 is 0. The highest BCUT2D eigenvalue weighted by Crippen LogP contribution is 2.19. The van der Waals surface area contributed by atoms with E-state index in [2.05, 4.69) is 5.32 Å². The predicted molar refractivity (Wildman–Crippen MR) is 68.8 cm³/mol. The molecule has 0 spiro atoms. The molecule has 11 heteroatoms. The monoisotopic (exact) mass is 321 g/mol. The van der Waals surface area contributed by atoms with Gasteiger partial charge in [-0.05, 0) is 18.2 Å². The smallest absolute Gasteiger partial charge is 0.322 e. The Kier molecular flexibility index (Phi) is 5.18. The van der Waals surface area contributed by atoms with Crippen LogP contribution in [0.4, 0.5) is 14.9 Å². The van der Waals surface area contributed by atoms with Crippen LogP contribution in [0.3, 0.4) is 0 Å². The maximum atomic E-state index is 13.4. The number of carboxylic acid groups (broad SMARTS) is 1. The molecular formula is C10H12FN3O6S. The highest BCUT2D eigenvalue weighted by atomic mass is 32.2. The van der Waals surface area contributed by atoms with Gasteiger partial charge in [-0.2, -0.15) is 8.42 Å². The van der Waals surface area contributed by atoms with Crippen LogP contribution < -0.4 is 16.4 Å². The Morgan fingerprint density at radius 3 is 2.52 bits per heavy atom. The number of nitrogens with one attached hydrogen (secondary N) is 2. The Bertz CT molecular complexity index is 663. The maximum absolute atomic E-state index is 13.4. The molecule has 0 bridgehead atoms. The summed E-state index contributed by atoms with van der Waals surface area (Å²) in [5, 5.41) is 12.5. The van der Waals surface area contributed by atoms with Crippen molar-refractivity contribution in [1.82, 2.24) is 5.32 Å². The average molecular weight is 321 g/mol. The maximum Gasteiger partial charge on any atom is 0.322 e. The van der Waals surface area contributed by atoms with Gasteiger partial charge in [-0.25, -0.2) is 9.18 Å². The molecule has 0 saturated carbocycles. The zero-order valence-corrected chi connectivity index (χ0v) is 11.2. The molecule has 1 atom stereocenters. The molecule has 0 radical (unpaired) electrons. The van der Waals surface area contributed by atoms with Crippen molar-refractivity contribution in [3.63, 3.8) is 0 Å². The van der Waals surface area contributed by atoms with Crippen LogP contribution in [0.2, 0.25) is 0 Å². The topological polar surface area (TPSA) is 159 Å². The molecule has 0 aromatic heterocycles. The third-order valence-corrected chi connectivity index (χ3v) is 3.13. The van der Waals surface area contributed by atoms with Crippen LogP contribution in [-0.2, 0) is 14.9 Å². The second kappa shape index (κ2) is 6.47. The van der Waals surface area contributed by atoms with E-state index in [0.717, 1.165) is 12.1 Å². The Labute approximate surface area is 118 Å². The van der Waals surface area contributed by atoms with Gasteiger partial charge in [0.1, 0.15) is 11.9 Å². The largest absolute Gasteiger partial charge is 0.480 e. The van der Waals surface area contributed by atoms with Crippen LogP contribution >= 0.6 is 0 Å². The number of carbonyl (C=O) groups is 2. The van der Waals surface area contributed by atoms with E-state index in [4.69, 9.17) is 15.4 Å². The Morgan fingerprint density at radius 1 is 1.38 bits per heavy atom. The molecule has 21 heavy (non-hydrogen) atoms. The van der Waals surface area contributed by atoms with Gasteiger partial charge in [-0.15, -0.1) is 0 Å². The van der Waals surface area contributed by atoms with Gasteiger partial charge in [-0.3, -0.25) is 9.35 Å². The zero-order valence-electron chi connectivity index (χ0n) is 10.4. The standard InChI is InChI=1S/C10H12FN3O6S/c11-6-2-1-5(21(18,19)20)3-8(6)14-10(17)13-4-7(12)9(15)16/h1-3,7H,4,12H2,(H,15,16)(H2,13,14,17)(H,18,19,20)/t7-/m0/s1. The van der Waals surface area contributed by atoms with Crippen LogP contribution in [0.5, 0.6) is 0 Å². The molecule has 9 nitrogen and oxygen atoms in total. The molecule has 1 aromatic carbocycles. The predicted octanol–water partition coefficient (Wildman–Crippen LogP) is -0.394. The van der Waals surface area contributed by atoms with Gasteiger partial charge >= 0.3 is 12.0 Å². The van der Waals surface area contributed by atoms with Crippen LogP contribution in [0.15, 0.2) is 23.1 Å². The molecule has 0 aliphatic rings. The number of benzene rings is 1. The molecule has 1 rings (SSSR count). The van der Waals surface area contributed by atoms with E-state index in [1.54, 1.807) is 0 Å². The third kappa shape index (κ3) is 4.98. The number of amides is 2. The fourth-order valence-electron chi connectivity index (χ4n) is 1.22. The minimum Gasteiger partial charge on any atom is -0.480 e. The van der Waals surface area contributed by atoms with E-state index in [0.29, 0.717) is 6.07 Å². The van der Waals surface area contributed by atoms with Gasteiger partial charge < -0.3 is 21.5 Å². The first-order valence-electron chi connectivity index (χ1n) is 5.41. The minimum absolute atomic E-state index is 0.416. The lowest BCUT2D eigenvalue weighted by atomic mass is 10.3. The van der Waals surface area contributed by atoms with E-state index in [1.807, 2.05) is 5.32 Å². The first kappa shape index (κ1) is 16.8. The summed E-state index contributed by atoms with van der Waals surface area (Å²) in [5.74, 6) is -2.28. The van der Waals surface area contributed by atoms with Gasteiger partial charge in [-0.1, -0.05) is 0 Å². The number of halogens is 1. The van der Waals surface area contributed by atoms with Crippen molar-refractivity contribution in [3.8, 4) is 0 Å². The first-order chi connectivity index (χ1) is 9.61. The number of carboxylic acids is 1. The fourth-order valence-corrected chi connectivity index (χ4v) is 1.72. The van der Waals surface area contributed by atoms with Crippen molar-refractivity contribution in [1.29, 1.82) is 0 Å². The van der Waals surface area contributed by atoms with Crippen LogP contribution in [0, 0.1) is 5.82 Å². The van der Waals surface area contributed by atoms with Gasteiger partial charge in [0.25, 0.3) is 10.1 Å².